The number of hydrogen-bond acceptors (Lipinski definition) is 2. The zero-order chi connectivity index (χ0) is 13.0. The van der Waals surface area contributed by atoms with Gasteiger partial charge in [0.2, 0.25) is 0 Å². The van der Waals surface area contributed by atoms with Gasteiger partial charge in [-0.05, 0) is 24.9 Å². The Kier molecular flexibility index (Phi) is 4.30. The Hall–Kier alpha value is -1.00. The molecule has 1 N–H and O–H groups in total. The van der Waals surface area contributed by atoms with Crippen LogP contribution < -0.4 is 0 Å². The van der Waals surface area contributed by atoms with E-state index in [9.17, 15) is 8.78 Å². The SMILES string of the molecule is OCC(F)(F)C1CCCN(Cc2ccccc2)C1. The quantitative estimate of drug-likeness (QED) is 0.893. The Morgan fingerprint density at radius 2 is 2.00 bits per heavy atom. The van der Waals surface area contributed by atoms with Gasteiger partial charge in [0, 0.05) is 19.0 Å². The van der Waals surface area contributed by atoms with E-state index in [1.165, 1.54) is 0 Å². The molecule has 1 fully saturated rings. The number of aliphatic hydroxyl groups excluding tert-OH is 1. The Morgan fingerprint density at radius 3 is 2.67 bits per heavy atom. The highest BCUT2D eigenvalue weighted by atomic mass is 19.3. The molecular weight excluding hydrogens is 236 g/mol. The van der Waals surface area contributed by atoms with Gasteiger partial charge in [0.1, 0.15) is 6.61 Å². The molecule has 1 heterocycles. The number of piperidine rings is 1. The van der Waals surface area contributed by atoms with Crippen LogP contribution in [0.25, 0.3) is 0 Å². The summed E-state index contributed by atoms with van der Waals surface area (Å²) in [7, 11) is 0. The number of alkyl halides is 2. The van der Waals surface area contributed by atoms with E-state index in [2.05, 4.69) is 0 Å². The van der Waals surface area contributed by atoms with Crippen LogP contribution in [0.3, 0.4) is 0 Å². The lowest BCUT2D eigenvalue weighted by Gasteiger charge is -2.36. The van der Waals surface area contributed by atoms with Crippen LogP contribution in [0.15, 0.2) is 30.3 Å². The van der Waals surface area contributed by atoms with E-state index in [-0.39, 0.29) is 0 Å². The van der Waals surface area contributed by atoms with Crippen LogP contribution in [0, 0.1) is 5.92 Å². The zero-order valence-electron chi connectivity index (χ0n) is 10.4. The van der Waals surface area contributed by atoms with Crippen molar-refractivity contribution in [2.75, 3.05) is 19.7 Å². The lowest BCUT2D eigenvalue weighted by molar-refractivity contribution is -0.116. The number of rotatable bonds is 4. The van der Waals surface area contributed by atoms with Crippen molar-refractivity contribution >= 4 is 0 Å². The molecule has 1 aromatic carbocycles. The van der Waals surface area contributed by atoms with Crippen LogP contribution in [0.1, 0.15) is 18.4 Å². The standard InChI is InChI=1S/C14H19F2NO/c15-14(16,11-18)13-7-4-8-17(10-13)9-12-5-2-1-3-6-12/h1-3,5-6,13,18H,4,7-11H2. The smallest absolute Gasteiger partial charge is 0.274 e. The molecule has 1 saturated heterocycles. The molecule has 0 amide bonds. The normalized spacial score (nSPS) is 22.1. The molecule has 0 spiro atoms. The molecule has 1 aliphatic heterocycles. The highest BCUT2D eigenvalue weighted by Gasteiger charge is 2.40. The number of nitrogens with zero attached hydrogens (tertiary/aromatic N) is 1. The molecule has 2 nitrogen and oxygen atoms in total. The Bertz CT molecular complexity index is 369. The Labute approximate surface area is 106 Å². The maximum atomic E-state index is 13.5. The summed E-state index contributed by atoms with van der Waals surface area (Å²) in [6.07, 6.45) is 1.27. The monoisotopic (exact) mass is 255 g/mol. The number of halogens is 2. The molecule has 1 atom stereocenters. The second-order valence-electron chi connectivity index (χ2n) is 4.98. The van der Waals surface area contributed by atoms with Crippen LogP contribution in [0.2, 0.25) is 0 Å². The molecule has 0 aliphatic carbocycles. The van der Waals surface area contributed by atoms with Gasteiger partial charge >= 0.3 is 0 Å². The molecule has 2 rings (SSSR count). The summed E-state index contributed by atoms with van der Waals surface area (Å²) < 4.78 is 26.9. The van der Waals surface area contributed by atoms with Crippen molar-refractivity contribution in [1.82, 2.24) is 4.90 Å². The predicted octanol–water partition coefficient (Wildman–Crippen LogP) is 2.53. The highest BCUT2D eigenvalue weighted by molar-refractivity contribution is 5.14. The van der Waals surface area contributed by atoms with E-state index in [1.54, 1.807) is 0 Å². The molecule has 1 aromatic rings. The van der Waals surface area contributed by atoms with E-state index < -0.39 is 18.4 Å². The molecule has 0 radical (unpaired) electrons. The van der Waals surface area contributed by atoms with Crippen molar-refractivity contribution in [3.05, 3.63) is 35.9 Å². The van der Waals surface area contributed by atoms with Crippen molar-refractivity contribution < 1.29 is 13.9 Å². The van der Waals surface area contributed by atoms with Gasteiger partial charge in [-0.15, -0.1) is 0 Å². The summed E-state index contributed by atoms with van der Waals surface area (Å²) in [4.78, 5) is 2.05. The van der Waals surface area contributed by atoms with E-state index in [0.717, 1.165) is 18.5 Å². The summed E-state index contributed by atoms with van der Waals surface area (Å²) in [6, 6.07) is 9.88. The lowest BCUT2D eigenvalue weighted by Crippen LogP contribution is -2.44. The summed E-state index contributed by atoms with van der Waals surface area (Å²) >= 11 is 0. The molecule has 4 heteroatoms. The highest BCUT2D eigenvalue weighted by Crippen LogP contribution is 2.32. The number of hydrogen-bond donors (Lipinski definition) is 1. The van der Waals surface area contributed by atoms with Crippen LogP contribution in [-0.4, -0.2) is 35.6 Å². The minimum absolute atomic E-state index is 0.364. The van der Waals surface area contributed by atoms with Gasteiger partial charge in [0.25, 0.3) is 5.92 Å². The number of benzene rings is 1. The summed E-state index contributed by atoms with van der Waals surface area (Å²) in [5.74, 6) is -3.67. The van der Waals surface area contributed by atoms with Crippen LogP contribution >= 0.6 is 0 Å². The molecule has 18 heavy (non-hydrogen) atoms. The average molecular weight is 255 g/mol. The summed E-state index contributed by atoms with van der Waals surface area (Å²) in [5, 5.41) is 8.75. The van der Waals surface area contributed by atoms with Crippen molar-refractivity contribution in [2.24, 2.45) is 5.92 Å². The molecule has 0 aromatic heterocycles. The molecule has 1 aliphatic rings. The first-order valence-corrected chi connectivity index (χ1v) is 6.37. The van der Waals surface area contributed by atoms with E-state index in [4.69, 9.17) is 5.11 Å². The van der Waals surface area contributed by atoms with Gasteiger partial charge in [0.15, 0.2) is 0 Å². The van der Waals surface area contributed by atoms with Gasteiger partial charge in [-0.2, -0.15) is 0 Å². The average Bonchev–Trinajstić information content (AvgIpc) is 2.40. The van der Waals surface area contributed by atoms with Gasteiger partial charge in [-0.1, -0.05) is 30.3 Å². The molecular formula is C14H19F2NO. The third-order valence-corrected chi connectivity index (χ3v) is 3.56. The van der Waals surface area contributed by atoms with Crippen LogP contribution in [0.5, 0.6) is 0 Å². The van der Waals surface area contributed by atoms with Gasteiger partial charge in [-0.3, -0.25) is 4.90 Å². The largest absolute Gasteiger partial charge is 0.390 e. The van der Waals surface area contributed by atoms with Crippen molar-refractivity contribution in [2.45, 2.75) is 25.3 Å². The van der Waals surface area contributed by atoms with E-state index in [1.807, 2.05) is 35.2 Å². The fourth-order valence-corrected chi connectivity index (χ4v) is 2.51. The van der Waals surface area contributed by atoms with E-state index >= 15 is 0 Å². The predicted molar refractivity (Wildman–Crippen MR) is 66.5 cm³/mol. The van der Waals surface area contributed by atoms with Crippen LogP contribution in [-0.2, 0) is 6.54 Å². The second kappa shape index (κ2) is 5.76. The molecule has 100 valence electrons. The lowest BCUT2D eigenvalue weighted by atomic mass is 9.92. The fraction of sp³-hybridized carbons (Fsp3) is 0.571. The third kappa shape index (κ3) is 3.27. The third-order valence-electron chi connectivity index (χ3n) is 3.56. The maximum absolute atomic E-state index is 13.5. The van der Waals surface area contributed by atoms with Crippen LogP contribution in [0.4, 0.5) is 8.78 Å². The van der Waals surface area contributed by atoms with E-state index in [0.29, 0.717) is 19.5 Å². The van der Waals surface area contributed by atoms with Gasteiger partial charge < -0.3 is 5.11 Å². The molecule has 0 saturated carbocycles. The molecule has 1 unspecified atom stereocenters. The second-order valence-corrected chi connectivity index (χ2v) is 4.98. The first-order chi connectivity index (χ1) is 8.62. The maximum Gasteiger partial charge on any atom is 0.274 e. The summed E-state index contributed by atoms with van der Waals surface area (Å²) in [6.45, 7) is 0.880. The molecule has 0 bridgehead atoms. The van der Waals surface area contributed by atoms with Gasteiger partial charge in [0.05, 0.1) is 0 Å². The topological polar surface area (TPSA) is 23.5 Å². The first-order valence-electron chi connectivity index (χ1n) is 6.37. The minimum Gasteiger partial charge on any atom is -0.390 e. The van der Waals surface area contributed by atoms with Crippen molar-refractivity contribution in [3.63, 3.8) is 0 Å². The van der Waals surface area contributed by atoms with Gasteiger partial charge in [-0.25, -0.2) is 8.78 Å². The van der Waals surface area contributed by atoms with Crippen molar-refractivity contribution in [3.8, 4) is 0 Å². The number of likely N-dealkylation sites (tertiary alicyclic amines) is 1. The Balaban J connectivity index is 1.95. The summed E-state index contributed by atoms with van der Waals surface area (Å²) in [5.41, 5.74) is 1.14. The Morgan fingerprint density at radius 1 is 1.28 bits per heavy atom. The number of aliphatic hydroxyl groups is 1. The fourth-order valence-electron chi connectivity index (χ4n) is 2.51. The first kappa shape index (κ1) is 13.4. The van der Waals surface area contributed by atoms with Crippen molar-refractivity contribution in [1.29, 1.82) is 0 Å². The minimum atomic E-state index is -2.95. The zero-order valence-corrected chi connectivity index (χ0v) is 10.4.